The molecule has 0 saturated carbocycles. The number of furan rings is 1. The second-order valence-electron chi connectivity index (χ2n) is 9.18. The first kappa shape index (κ1) is 24.9. The van der Waals surface area contributed by atoms with E-state index in [1.165, 1.54) is 0 Å². The highest BCUT2D eigenvalue weighted by molar-refractivity contribution is 6.06. The molecule has 10 nitrogen and oxygen atoms in total. The second-order valence-corrected chi connectivity index (χ2v) is 9.18. The Morgan fingerprint density at radius 2 is 1.79 bits per heavy atom. The smallest absolute Gasteiger partial charge is 0.323 e. The summed E-state index contributed by atoms with van der Waals surface area (Å²) in [5.74, 6) is 1.58. The maximum Gasteiger partial charge on any atom is 0.323 e. The van der Waals surface area contributed by atoms with Gasteiger partial charge in [-0.1, -0.05) is 30.3 Å². The van der Waals surface area contributed by atoms with E-state index in [0.717, 1.165) is 38.8 Å². The lowest BCUT2D eigenvalue weighted by Crippen LogP contribution is -2.37. The molecule has 0 amide bonds. The summed E-state index contributed by atoms with van der Waals surface area (Å²) in [6.45, 7) is 2.88. The van der Waals surface area contributed by atoms with Crippen molar-refractivity contribution in [3.05, 3.63) is 71.8 Å². The van der Waals surface area contributed by atoms with Gasteiger partial charge in [-0.25, -0.2) is 0 Å². The first-order chi connectivity index (χ1) is 19.2. The van der Waals surface area contributed by atoms with Crippen LogP contribution < -0.4 is 19.7 Å². The zero-order valence-electron chi connectivity index (χ0n) is 21.6. The molecule has 0 radical (unpaired) electrons. The molecule has 1 aliphatic heterocycles. The number of fused-ring (bicyclic) bond motifs is 3. The van der Waals surface area contributed by atoms with Crippen LogP contribution in [0, 0.1) is 0 Å². The molecule has 6 rings (SSSR count). The summed E-state index contributed by atoms with van der Waals surface area (Å²) in [4.78, 5) is 15.9. The van der Waals surface area contributed by atoms with Gasteiger partial charge in [-0.3, -0.25) is 0 Å². The van der Waals surface area contributed by atoms with E-state index in [-0.39, 0.29) is 12.6 Å². The Balaban J connectivity index is 1.24. The topological polar surface area (TPSA) is 115 Å². The summed E-state index contributed by atoms with van der Waals surface area (Å²) in [5, 5.41) is 14.9. The molecule has 0 bridgehead atoms. The number of rotatable bonds is 9. The molecule has 5 aromatic rings. The fourth-order valence-corrected chi connectivity index (χ4v) is 4.64. The second kappa shape index (κ2) is 11.1. The Bertz CT molecular complexity index is 1600. The van der Waals surface area contributed by atoms with Crippen molar-refractivity contribution in [2.24, 2.45) is 0 Å². The van der Waals surface area contributed by atoms with Crippen molar-refractivity contribution >= 4 is 39.5 Å². The first-order valence-electron chi connectivity index (χ1n) is 12.9. The molecule has 1 fully saturated rings. The number of morpholine rings is 1. The van der Waals surface area contributed by atoms with Crippen molar-refractivity contribution in [1.29, 1.82) is 0 Å². The Hall–Kier alpha value is -4.41. The molecule has 10 heteroatoms. The molecule has 200 valence electrons. The van der Waals surface area contributed by atoms with E-state index in [0.29, 0.717) is 57.0 Å². The van der Waals surface area contributed by atoms with Crippen molar-refractivity contribution in [3.8, 4) is 11.8 Å². The molecule has 0 unspecified atom stereocenters. The highest BCUT2D eigenvalue weighted by Gasteiger charge is 2.18. The van der Waals surface area contributed by atoms with E-state index in [2.05, 4.69) is 25.2 Å². The maximum absolute atomic E-state index is 9.47. The van der Waals surface area contributed by atoms with Gasteiger partial charge in [-0.2, -0.15) is 15.0 Å². The number of benzene rings is 3. The zero-order valence-corrected chi connectivity index (χ0v) is 21.6. The number of hydrogen-bond donors (Lipinski definition) is 2. The highest BCUT2D eigenvalue weighted by Crippen LogP contribution is 2.31. The van der Waals surface area contributed by atoms with E-state index >= 15 is 0 Å². The number of aliphatic hydroxyl groups excluding tert-OH is 1. The van der Waals surface area contributed by atoms with E-state index < -0.39 is 0 Å². The van der Waals surface area contributed by atoms with Gasteiger partial charge < -0.3 is 34.0 Å². The molecule has 2 N–H and O–H groups in total. The van der Waals surface area contributed by atoms with Crippen LogP contribution in [0.3, 0.4) is 0 Å². The van der Waals surface area contributed by atoms with Crippen LogP contribution in [0.15, 0.2) is 65.1 Å². The van der Waals surface area contributed by atoms with Gasteiger partial charge in [0.25, 0.3) is 0 Å². The Morgan fingerprint density at radius 1 is 0.949 bits per heavy atom. The summed E-state index contributed by atoms with van der Waals surface area (Å²) in [7, 11) is 1.59. The van der Waals surface area contributed by atoms with Gasteiger partial charge in [0, 0.05) is 41.5 Å². The largest absolute Gasteiger partial charge is 0.496 e. The van der Waals surface area contributed by atoms with E-state index in [1.54, 1.807) is 7.11 Å². The van der Waals surface area contributed by atoms with Crippen LogP contribution in [0.2, 0.25) is 0 Å². The number of para-hydroxylation sites is 1. The molecule has 0 aliphatic carbocycles. The molecule has 3 aromatic carbocycles. The van der Waals surface area contributed by atoms with Crippen LogP contribution in [0.25, 0.3) is 21.9 Å². The minimum atomic E-state index is -0.0747. The molecule has 2 aromatic heterocycles. The third kappa shape index (κ3) is 5.43. The molecular weight excluding hydrogens is 498 g/mol. The predicted molar refractivity (Wildman–Crippen MR) is 148 cm³/mol. The van der Waals surface area contributed by atoms with Crippen LogP contribution in [-0.2, 0) is 17.8 Å². The summed E-state index contributed by atoms with van der Waals surface area (Å²) in [6.07, 6.45) is 0.619. The van der Waals surface area contributed by atoms with Gasteiger partial charge in [0.1, 0.15) is 16.9 Å². The number of aromatic nitrogens is 3. The molecule has 39 heavy (non-hydrogen) atoms. The normalized spacial score (nSPS) is 13.6. The maximum atomic E-state index is 9.47. The van der Waals surface area contributed by atoms with E-state index in [1.807, 2.05) is 60.7 Å². The van der Waals surface area contributed by atoms with Gasteiger partial charge in [0.15, 0.2) is 0 Å². The molecule has 3 heterocycles. The van der Waals surface area contributed by atoms with Crippen molar-refractivity contribution in [3.63, 3.8) is 0 Å². The number of hydrogen-bond acceptors (Lipinski definition) is 10. The van der Waals surface area contributed by atoms with Gasteiger partial charge in [-0.15, -0.1) is 0 Å². The van der Waals surface area contributed by atoms with Gasteiger partial charge in [0.05, 0.1) is 33.5 Å². The number of methoxy groups -OCH3 is 1. The van der Waals surface area contributed by atoms with Crippen molar-refractivity contribution in [2.45, 2.75) is 13.0 Å². The fraction of sp³-hybridized carbons (Fsp3) is 0.276. The predicted octanol–water partition coefficient (Wildman–Crippen LogP) is 4.47. The SMILES string of the molecule is COc1cc(CCOc2nc(Nc3ccc4oc5ccccc5c4c3)nc(N3CCOCC3)n2)ccc1CO. The quantitative estimate of drug-likeness (QED) is 0.284. The summed E-state index contributed by atoms with van der Waals surface area (Å²) in [6, 6.07) is 19.8. The summed E-state index contributed by atoms with van der Waals surface area (Å²) in [5.41, 5.74) is 4.26. The van der Waals surface area contributed by atoms with Crippen LogP contribution in [0.4, 0.5) is 17.6 Å². The van der Waals surface area contributed by atoms with Crippen LogP contribution in [0.5, 0.6) is 11.8 Å². The van der Waals surface area contributed by atoms with Crippen molar-refractivity contribution in [1.82, 2.24) is 15.0 Å². The monoisotopic (exact) mass is 527 g/mol. The van der Waals surface area contributed by atoms with Gasteiger partial charge >= 0.3 is 6.01 Å². The molecule has 1 aliphatic rings. The van der Waals surface area contributed by atoms with E-state index in [9.17, 15) is 5.11 Å². The third-order valence-electron chi connectivity index (χ3n) is 6.67. The van der Waals surface area contributed by atoms with Crippen molar-refractivity contribution < 1.29 is 23.7 Å². The average molecular weight is 528 g/mol. The summed E-state index contributed by atoms with van der Waals surface area (Å²) < 4.78 is 22.8. The lowest BCUT2D eigenvalue weighted by molar-refractivity contribution is 0.122. The average Bonchev–Trinajstić information content (AvgIpc) is 3.35. The Kier molecular flexibility index (Phi) is 7.11. The number of ether oxygens (including phenoxy) is 3. The molecule has 0 spiro atoms. The number of anilines is 3. The number of nitrogens with one attached hydrogen (secondary N) is 1. The minimum Gasteiger partial charge on any atom is -0.496 e. The van der Waals surface area contributed by atoms with Crippen LogP contribution >= 0.6 is 0 Å². The highest BCUT2D eigenvalue weighted by atomic mass is 16.5. The number of aliphatic hydroxyl groups is 1. The molecule has 1 saturated heterocycles. The van der Waals surface area contributed by atoms with Crippen LogP contribution in [0.1, 0.15) is 11.1 Å². The lowest BCUT2D eigenvalue weighted by atomic mass is 10.1. The zero-order chi connectivity index (χ0) is 26.6. The third-order valence-corrected chi connectivity index (χ3v) is 6.67. The fourth-order valence-electron chi connectivity index (χ4n) is 4.64. The standard InChI is InChI=1S/C29H29N5O5/c1-36-26-16-19(6-7-20(26)18-35)10-13-38-29-32-27(31-28(33-29)34-11-14-37-15-12-34)30-21-8-9-25-23(17-21)22-4-2-3-5-24(22)39-25/h2-9,16-17,35H,10-15,18H2,1H3,(H,30,31,32,33). The molecular formula is C29H29N5O5. The minimum absolute atomic E-state index is 0.0747. The Morgan fingerprint density at radius 3 is 2.64 bits per heavy atom. The van der Waals surface area contributed by atoms with Crippen LogP contribution in [-0.4, -0.2) is 60.1 Å². The van der Waals surface area contributed by atoms with Gasteiger partial charge in [-0.05, 0) is 35.9 Å². The lowest BCUT2D eigenvalue weighted by Gasteiger charge is -2.27. The van der Waals surface area contributed by atoms with Gasteiger partial charge in [0.2, 0.25) is 11.9 Å². The summed E-state index contributed by atoms with van der Waals surface area (Å²) >= 11 is 0. The van der Waals surface area contributed by atoms with E-state index in [4.69, 9.17) is 18.6 Å². The first-order valence-corrected chi connectivity index (χ1v) is 12.9. The van der Waals surface area contributed by atoms with Crippen molar-refractivity contribution in [2.75, 3.05) is 50.2 Å². The number of nitrogens with zero attached hydrogens (tertiary/aromatic N) is 4. The molecule has 0 atom stereocenters. The Labute approximate surface area is 225 Å².